The molecule has 1 aliphatic carbocycles. The van der Waals surface area contributed by atoms with E-state index in [1.165, 1.54) is 32.1 Å². The lowest BCUT2D eigenvalue weighted by Gasteiger charge is -2.23. The molecule has 5 heteroatoms. The summed E-state index contributed by atoms with van der Waals surface area (Å²) in [7, 11) is 0. The summed E-state index contributed by atoms with van der Waals surface area (Å²) in [6.07, 6.45) is 8.91. The summed E-state index contributed by atoms with van der Waals surface area (Å²) in [5.74, 6) is 1.60. The Morgan fingerprint density at radius 1 is 0.962 bits per heavy atom. The third-order valence-corrected chi connectivity index (χ3v) is 5.27. The zero-order valence-electron chi connectivity index (χ0n) is 15.3. The van der Waals surface area contributed by atoms with Crippen LogP contribution in [0.5, 0.6) is 0 Å². The first-order valence-corrected chi connectivity index (χ1v) is 9.93. The van der Waals surface area contributed by atoms with Gasteiger partial charge < -0.3 is 15.4 Å². The van der Waals surface area contributed by atoms with Crippen LogP contribution in [0.25, 0.3) is 11.3 Å². The van der Waals surface area contributed by atoms with Crippen molar-refractivity contribution in [3.8, 4) is 11.3 Å². The number of aromatic nitrogens is 2. The minimum absolute atomic E-state index is 0.292. The molecular weight excluding hydrogens is 324 g/mol. The first-order chi connectivity index (χ1) is 12.9. The van der Waals surface area contributed by atoms with E-state index in [-0.39, 0.29) is 0 Å². The highest BCUT2D eigenvalue weighted by molar-refractivity contribution is 5.64. The molecule has 2 N–H and O–H groups in total. The summed E-state index contributed by atoms with van der Waals surface area (Å²) in [4.78, 5) is 9.51. The fourth-order valence-corrected chi connectivity index (χ4v) is 3.81. The number of nitrogens with one attached hydrogen (secondary N) is 2. The molecule has 0 bridgehead atoms. The number of anilines is 2. The molecule has 26 heavy (non-hydrogen) atoms. The lowest BCUT2D eigenvalue weighted by atomic mass is 9.96. The Labute approximate surface area is 155 Å². The smallest absolute Gasteiger partial charge is 0.225 e. The van der Waals surface area contributed by atoms with E-state index in [0.29, 0.717) is 12.1 Å². The monoisotopic (exact) mass is 352 g/mol. The average molecular weight is 352 g/mol. The second kappa shape index (κ2) is 8.49. The van der Waals surface area contributed by atoms with Crippen LogP contribution in [0, 0.1) is 0 Å². The van der Waals surface area contributed by atoms with Crippen LogP contribution in [-0.4, -0.2) is 35.3 Å². The van der Waals surface area contributed by atoms with Crippen LogP contribution in [0.1, 0.15) is 44.9 Å². The van der Waals surface area contributed by atoms with Gasteiger partial charge in [0.2, 0.25) is 5.95 Å². The Bertz CT molecular complexity index is 694. The average Bonchev–Trinajstić information content (AvgIpc) is 3.21. The minimum atomic E-state index is 0.292. The first-order valence-electron chi connectivity index (χ1n) is 9.93. The van der Waals surface area contributed by atoms with Gasteiger partial charge in [-0.15, -0.1) is 0 Å². The molecular formula is C21H28N4O. The van der Waals surface area contributed by atoms with E-state index in [0.717, 1.165) is 49.0 Å². The molecule has 1 aliphatic heterocycles. The van der Waals surface area contributed by atoms with E-state index in [1.807, 2.05) is 24.3 Å². The molecule has 5 nitrogen and oxygen atoms in total. The largest absolute Gasteiger partial charge is 0.376 e. The molecule has 1 unspecified atom stereocenters. The highest BCUT2D eigenvalue weighted by Crippen LogP contribution is 2.25. The number of benzene rings is 1. The van der Waals surface area contributed by atoms with Crippen molar-refractivity contribution in [2.45, 2.75) is 57.1 Å². The van der Waals surface area contributed by atoms with E-state index in [1.54, 1.807) is 0 Å². The van der Waals surface area contributed by atoms with Crippen LogP contribution in [0.4, 0.5) is 11.8 Å². The van der Waals surface area contributed by atoms with Crippen LogP contribution < -0.4 is 10.6 Å². The Morgan fingerprint density at radius 2 is 1.81 bits per heavy atom. The summed E-state index contributed by atoms with van der Waals surface area (Å²) in [6.45, 7) is 1.67. The fraction of sp³-hybridized carbons (Fsp3) is 0.524. The molecule has 1 aromatic carbocycles. The van der Waals surface area contributed by atoms with Gasteiger partial charge in [0, 0.05) is 30.8 Å². The third-order valence-electron chi connectivity index (χ3n) is 5.27. The predicted octanol–water partition coefficient (Wildman–Crippen LogP) is 4.48. The van der Waals surface area contributed by atoms with E-state index < -0.39 is 0 Å². The number of hydrogen-bond acceptors (Lipinski definition) is 5. The predicted molar refractivity (Wildman–Crippen MR) is 105 cm³/mol. The molecule has 2 fully saturated rings. The summed E-state index contributed by atoms with van der Waals surface area (Å²) in [5.41, 5.74) is 2.07. The van der Waals surface area contributed by atoms with Crippen molar-refractivity contribution in [3.63, 3.8) is 0 Å². The highest BCUT2D eigenvalue weighted by atomic mass is 16.5. The van der Waals surface area contributed by atoms with Crippen molar-refractivity contribution in [2.24, 2.45) is 0 Å². The number of ether oxygens (including phenoxy) is 1. The zero-order chi connectivity index (χ0) is 17.6. The molecule has 1 atom stereocenters. The minimum Gasteiger partial charge on any atom is -0.376 e. The molecule has 4 rings (SSSR count). The van der Waals surface area contributed by atoms with E-state index in [9.17, 15) is 0 Å². The van der Waals surface area contributed by atoms with Crippen molar-refractivity contribution in [3.05, 3.63) is 36.4 Å². The van der Waals surface area contributed by atoms with Crippen molar-refractivity contribution in [2.75, 3.05) is 23.8 Å². The standard InChI is InChI=1S/C21H28N4O/c1-3-8-16(9-4-1)19-14-20(22-15-18-12-7-13-26-18)25-21(24-19)23-17-10-5-2-6-11-17/h1,3-4,8-9,14,17-18H,2,5-7,10-13,15H2,(H2,22,23,24,25). The maximum absolute atomic E-state index is 5.72. The maximum atomic E-state index is 5.72. The quantitative estimate of drug-likeness (QED) is 0.803. The molecule has 2 heterocycles. The normalized spacial score (nSPS) is 20.8. The maximum Gasteiger partial charge on any atom is 0.225 e. The topological polar surface area (TPSA) is 59.1 Å². The second-order valence-electron chi connectivity index (χ2n) is 7.32. The van der Waals surface area contributed by atoms with Gasteiger partial charge in [-0.2, -0.15) is 4.98 Å². The summed E-state index contributed by atoms with van der Waals surface area (Å²) >= 11 is 0. The van der Waals surface area contributed by atoms with E-state index >= 15 is 0 Å². The van der Waals surface area contributed by atoms with Gasteiger partial charge in [0.15, 0.2) is 0 Å². The van der Waals surface area contributed by atoms with Gasteiger partial charge in [0.1, 0.15) is 5.82 Å². The molecule has 2 aromatic rings. The van der Waals surface area contributed by atoms with Gasteiger partial charge >= 0.3 is 0 Å². The van der Waals surface area contributed by atoms with Gasteiger partial charge in [-0.1, -0.05) is 49.6 Å². The van der Waals surface area contributed by atoms with E-state index in [2.05, 4.69) is 22.8 Å². The fourth-order valence-electron chi connectivity index (χ4n) is 3.81. The first kappa shape index (κ1) is 17.3. The number of nitrogens with zero attached hydrogens (tertiary/aromatic N) is 2. The van der Waals surface area contributed by atoms with Crippen molar-refractivity contribution >= 4 is 11.8 Å². The SMILES string of the molecule is c1ccc(-c2cc(NCC3CCCO3)nc(NC3CCCCC3)n2)cc1. The summed E-state index contributed by atoms with van der Waals surface area (Å²) in [5, 5.41) is 7.02. The van der Waals surface area contributed by atoms with Crippen LogP contribution in [0.15, 0.2) is 36.4 Å². The van der Waals surface area contributed by atoms with Gasteiger partial charge in [0.05, 0.1) is 11.8 Å². The van der Waals surface area contributed by atoms with Crippen molar-refractivity contribution < 1.29 is 4.74 Å². The molecule has 138 valence electrons. The zero-order valence-corrected chi connectivity index (χ0v) is 15.3. The summed E-state index contributed by atoms with van der Waals surface area (Å²) in [6, 6.07) is 12.8. The molecule has 1 aromatic heterocycles. The molecule has 2 aliphatic rings. The Morgan fingerprint density at radius 3 is 2.58 bits per heavy atom. The van der Waals surface area contributed by atoms with Crippen molar-refractivity contribution in [1.29, 1.82) is 0 Å². The van der Waals surface area contributed by atoms with Gasteiger partial charge in [-0.3, -0.25) is 0 Å². The molecule has 0 amide bonds. The molecule has 0 radical (unpaired) electrons. The molecule has 1 saturated heterocycles. The van der Waals surface area contributed by atoms with Gasteiger partial charge in [-0.25, -0.2) is 4.98 Å². The van der Waals surface area contributed by atoms with Crippen LogP contribution in [0.3, 0.4) is 0 Å². The third kappa shape index (κ3) is 4.52. The van der Waals surface area contributed by atoms with Crippen LogP contribution >= 0.6 is 0 Å². The van der Waals surface area contributed by atoms with Crippen molar-refractivity contribution in [1.82, 2.24) is 9.97 Å². The lowest BCUT2D eigenvalue weighted by molar-refractivity contribution is 0.120. The number of rotatable bonds is 6. The number of hydrogen-bond donors (Lipinski definition) is 2. The molecule has 0 spiro atoms. The summed E-state index contributed by atoms with van der Waals surface area (Å²) < 4.78 is 5.72. The lowest BCUT2D eigenvalue weighted by Crippen LogP contribution is -2.24. The Balaban J connectivity index is 1.54. The second-order valence-corrected chi connectivity index (χ2v) is 7.32. The van der Waals surface area contributed by atoms with Crippen LogP contribution in [0.2, 0.25) is 0 Å². The van der Waals surface area contributed by atoms with Gasteiger partial charge in [0.25, 0.3) is 0 Å². The van der Waals surface area contributed by atoms with Crippen LogP contribution in [-0.2, 0) is 4.74 Å². The molecule has 1 saturated carbocycles. The Kier molecular flexibility index (Phi) is 5.65. The highest BCUT2D eigenvalue weighted by Gasteiger charge is 2.17. The Hall–Kier alpha value is -2.14. The van der Waals surface area contributed by atoms with Gasteiger partial charge in [-0.05, 0) is 25.7 Å². The van der Waals surface area contributed by atoms with E-state index in [4.69, 9.17) is 14.7 Å².